The van der Waals surface area contributed by atoms with E-state index in [1.165, 1.54) is 0 Å². The second-order valence-electron chi connectivity index (χ2n) is 6.49. The highest BCUT2D eigenvalue weighted by Crippen LogP contribution is 2.26. The SMILES string of the molecule is Cc1ccc(-n2nc(-c3ccc(Cl)cc3)cc2NC(=O)c2ccccc2)cc1. The normalized spacial score (nSPS) is 10.6. The second kappa shape index (κ2) is 7.71. The zero-order valence-electron chi connectivity index (χ0n) is 15.3. The van der Waals surface area contributed by atoms with Gasteiger partial charge in [0.2, 0.25) is 0 Å². The maximum Gasteiger partial charge on any atom is 0.256 e. The topological polar surface area (TPSA) is 46.9 Å². The van der Waals surface area contributed by atoms with E-state index >= 15 is 0 Å². The number of nitrogens with zero attached hydrogens (tertiary/aromatic N) is 2. The van der Waals surface area contributed by atoms with E-state index in [0.29, 0.717) is 16.4 Å². The molecular weight excluding hydrogens is 370 g/mol. The van der Waals surface area contributed by atoms with E-state index in [1.54, 1.807) is 16.8 Å². The Kier molecular flexibility index (Phi) is 4.96. The molecule has 1 amide bonds. The Hall–Kier alpha value is -3.37. The molecule has 0 fully saturated rings. The van der Waals surface area contributed by atoms with E-state index in [1.807, 2.05) is 79.7 Å². The molecule has 0 spiro atoms. The Bertz CT molecular complexity index is 1100. The molecule has 5 heteroatoms. The van der Waals surface area contributed by atoms with Gasteiger partial charge in [0.25, 0.3) is 5.91 Å². The molecule has 1 heterocycles. The van der Waals surface area contributed by atoms with Gasteiger partial charge in [-0.25, -0.2) is 4.68 Å². The molecule has 0 saturated carbocycles. The average Bonchev–Trinajstić information content (AvgIpc) is 3.13. The molecule has 0 atom stereocenters. The van der Waals surface area contributed by atoms with Gasteiger partial charge in [0.05, 0.1) is 11.4 Å². The van der Waals surface area contributed by atoms with Gasteiger partial charge in [-0.15, -0.1) is 0 Å². The summed E-state index contributed by atoms with van der Waals surface area (Å²) < 4.78 is 1.74. The molecule has 3 aromatic carbocycles. The lowest BCUT2D eigenvalue weighted by Gasteiger charge is -2.09. The molecule has 0 aliphatic rings. The monoisotopic (exact) mass is 387 g/mol. The Morgan fingerprint density at radius 1 is 0.929 bits per heavy atom. The van der Waals surface area contributed by atoms with Crippen molar-refractivity contribution in [2.45, 2.75) is 6.92 Å². The molecule has 0 aliphatic heterocycles. The van der Waals surface area contributed by atoms with Crippen LogP contribution in [0.5, 0.6) is 0 Å². The second-order valence-corrected chi connectivity index (χ2v) is 6.93. The number of benzene rings is 3. The number of carbonyl (C=O) groups is 1. The first-order valence-corrected chi connectivity index (χ1v) is 9.27. The summed E-state index contributed by atoms with van der Waals surface area (Å²) in [5.74, 6) is 0.416. The van der Waals surface area contributed by atoms with E-state index in [0.717, 1.165) is 22.5 Å². The highest BCUT2D eigenvalue weighted by molar-refractivity contribution is 6.30. The Morgan fingerprint density at radius 3 is 2.29 bits per heavy atom. The number of hydrogen-bond donors (Lipinski definition) is 1. The largest absolute Gasteiger partial charge is 0.306 e. The number of amides is 1. The van der Waals surface area contributed by atoms with Crippen LogP contribution in [0, 0.1) is 6.92 Å². The highest BCUT2D eigenvalue weighted by atomic mass is 35.5. The molecule has 0 bridgehead atoms. The lowest BCUT2D eigenvalue weighted by Crippen LogP contribution is -2.15. The third kappa shape index (κ3) is 3.82. The smallest absolute Gasteiger partial charge is 0.256 e. The number of nitrogens with one attached hydrogen (secondary N) is 1. The first-order chi connectivity index (χ1) is 13.6. The molecule has 0 unspecified atom stereocenters. The van der Waals surface area contributed by atoms with Crippen LogP contribution >= 0.6 is 11.6 Å². The fourth-order valence-electron chi connectivity index (χ4n) is 2.89. The van der Waals surface area contributed by atoms with Crippen LogP contribution in [0.2, 0.25) is 5.02 Å². The van der Waals surface area contributed by atoms with Crippen molar-refractivity contribution in [1.29, 1.82) is 0 Å². The van der Waals surface area contributed by atoms with Gasteiger partial charge in [-0.1, -0.05) is 59.6 Å². The summed E-state index contributed by atoms with van der Waals surface area (Å²) >= 11 is 6.00. The molecule has 4 rings (SSSR count). The van der Waals surface area contributed by atoms with Crippen molar-refractivity contribution in [3.05, 3.63) is 101 Å². The fraction of sp³-hybridized carbons (Fsp3) is 0.0435. The fourth-order valence-corrected chi connectivity index (χ4v) is 3.02. The van der Waals surface area contributed by atoms with Crippen LogP contribution in [0.1, 0.15) is 15.9 Å². The van der Waals surface area contributed by atoms with Gasteiger partial charge in [0, 0.05) is 22.2 Å². The predicted octanol–water partition coefficient (Wildman–Crippen LogP) is 5.75. The number of carbonyl (C=O) groups excluding carboxylic acids is 1. The molecule has 28 heavy (non-hydrogen) atoms. The minimum absolute atomic E-state index is 0.184. The molecule has 1 aromatic heterocycles. The van der Waals surface area contributed by atoms with Crippen LogP contribution in [0.25, 0.3) is 16.9 Å². The lowest BCUT2D eigenvalue weighted by atomic mass is 10.1. The van der Waals surface area contributed by atoms with Gasteiger partial charge < -0.3 is 5.32 Å². The van der Waals surface area contributed by atoms with Crippen molar-refractivity contribution in [3.63, 3.8) is 0 Å². The summed E-state index contributed by atoms with van der Waals surface area (Å²) in [4.78, 5) is 12.7. The number of halogens is 1. The maximum atomic E-state index is 12.7. The zero-order chi connectivity index (χ0) is 19.5. The highest BCUT2D eigenvalue weighted by Gasteiger charge is 2.15. The summed E-state index contributed by atoms with van der Waals surface area (Å²) in [5.41, 5.74) is 4.29. The van der Waals surface area contributed by atoms with Crippen molar-refractivity contribution in [1.82, 2.24) is 9.78 Å². The maximum absolute atomic E-state index is 12.7. The summed E-state index contributed by atoms with van der Waals surface area (Å²) in [7, 11) is 0. The molecule has 0 aliphatic carbocycles. The van der Waals surface area contributed by atoms with E-state index in [4.69, 9.17) is 16.7 Å². The summed E-state index contributed by atoms with van der Waals surface area (Å²) in [6.07, 6.45) is 0. The van der Waals surface area contributed by atoms with Gasteiger partial charge in [0.1, 0.15) is 5.82 Å². The molecule has 4 aromatic rings. The van der Waals surface area contributed by atoms with Crippen molar-refractivity contribution >= 4 is 23.3 Å². The number of aryl methyl sites for hydroxylation is 1. The molecular formula is C23H18ClN3O. The minimum atomic E-state index is -0.184. The van der Waals surface area contributed by atoms with Crippen molar-refractivity contribution in [2.24, 2.45) is 0 Å². The van der Waals surface area contributed by atoms with E-state index in [2.05, 4.69) is 5.32 Å². The number of aromatic nitrogens is 2. The van der Waals surface area contributed by atoms with Crippen LogP contribution in [0.3, 0.4) is 0 Å². The third-order valence-corrected chi connectivity index (χ3v) is 4.66. The summed E-state index contributed by atoms with van der Waals surface area (Å²) in [6.45, 7) is 2.03. The van der Waals surface area contributed by atoms with E-state index in [-0.39, 0.29) is 5.91 Å². The van der Waals surface area contributed by atoms with Crippen molar-refractivity contribution < 1.29 is 4.79 Å². The number of anilines is 1. The quantitative estimate of drug-likeness (QED) is 0.484. The predicted molar refractivity (Wildman–Crippen MR) is 113 cm³/mol. The van der Waals surface area contributed by atoms with Crippen LogP contribution in [-0.4, -0.2) is 15.7 Å². The Labute approximate surface area is 168 Å². The van der Waals surface area contributed by atoms with Gasteiger partial charge in [0.15, 0.2) is 0 Å². The average molecular weight is 388 g/mol. The summed E-state index contributed by atoms with van der Waals surface area (Å²) in [5, 5.41) is 8.36. The van der Waals surface area contributed by atoms with E-state index in [9.17, 15) is 4.79 Å². The van der Waals surface area contributed by atoms with Gasteiger partial charge in [-0.05, 0) is 43.3 Å². The van der Waals surface area contributed by atoms with Crippen LogP contribution in [-0.2, 0) is 0 Å². The van der Waals surface area contributed by atoms with Gasteiger partial charge >= 0.3 is 0 Å². The third-order valence-electron chi connectivity index (χ3n) is 4.41. The Morgan fingerprint density at radius 2 is 1.61 bits per heavy atom. The molecule has 4 nitrogen and oxygen atoms in total. The van der Waals surface area contributed by atoms with Crippen molar-refractivity contribution in [3.8, 4) is 16.9 Å². The number of hydrogen-bond acceptors (Lipinski definition) is 2. The lowest BCUT2D eigenvalue weighted by molar-refractivity contribution is 0.102. The van der Waals surface area contributed by atoms with Gasteiger partial charge in [-0.3, -0.25) is 4.79 Å². The molecule has 138 valence electrons. The first-order valence-electron chi connectivity index (χ1n) is 8.89. The molecule has 1 N–H and O–H groups in total. The molecule has 0 saturated heterocycles. The van der Waals surface area contributed by atoms with Crippen LogP contribution in [0.15, 0.2) is 84.9 Å². The van der Waals surface area contributed by atoms with Crippen LogP contribution in [0.4, 0.5) is 5.82 Å². The van der Waals surface area contributed by atoms with Crippen molar-refractivity contribution in [2.75, 3.05) is 5.32 Å². The Balaban J connectivity index is 1.75. The number of rotatable bonds is 4. The van der Waals surface area contributed by atoms with Gasteiger partial charge in [-0.2, -0.15) is 5.10 Å². The molecule has 0 radical (unpaired) electrons. The minimum Gasteiger partial charge on any atom is -0.306 e. The first kappa shape index (κ1) is 18.0. The standard InChI is InChI=1S/C23H18ClN3O/c1-16-7-13-20(14-8-16)27-22(25-23(28)18-5-3-2-4-6-18)15-21(26-27)17-9-11-19(24)12-10-17/h2-15H,1H3,(H,25,28). The van der Waals surface area contributed by atoms with E-state index < -0.39 is 0 Å². The zero-order valence-corrected chi connectivity index (χ0v) is 16.0. The van der Waals surface area contributed by atoms with Crippen LogP contribution < -0.4 is 5.32 Å². The summed E-state index contributed by atoms with van der Waals surface area (Å²) in [6, 6.07) is 26.4.